The molecule has 0 saturated carbocycles. The predicted octanol–water partition coefficient (Wildman–Crippen LogP) is 16.3. The highest BCUT2D eigenvalue weighted by molar-refractivity contribution is 6.04. The first-order valence-corrected chi connectivity index (χ1v) is 22.9. The molecule has 2 aliphatic rings. The zero-order valence-corrected chi connectivity index (χ0v) is 38.4. The van der Waals surface area contributed by atoms with E-state index in [2.05, 4.69) is 246 Å². The summed E-state index contributed by atoms with van der Waals surface area (Å²) in [6.45, 7) is 8.75. The van der Waals surface area contributed by atoms with Crippen LogP contribution >= 0.6 is 0 Å². The van der Waals surface area contributed by atoms with E-state index in [0.717, 1.165) is 6.42 Å². The standard InChI is InChI=1S/C43H34.C13H12.C7H8.CH5N/c1-29-20-22-33(23-21-29)42-35-16-8-6-13-31(35)24-26-36(42)34-25-27-38-37-17-9-11-19-40(37)43(41(38)28-34)30(2)12-4-3-5-14-32-15-7-10-18-39(32)43;1-11-7-9-13(10-8-11)12-5-3-2-4-6-12;1-7-5-3-2-4-6-7;1-2/h3-13,15-28,30H,14H2,1-2H3;2-10H,1H3;2-6H,1H3;2H2,1H3/b5-3-,12-4-;;;. The molecule has 65 heavy (non-hydrogen) atoms. The van der Waals surface area contributed by atoms with Gasteiger partial charge >= 0.3 is 0 Å². The van der Waals surface area contributed by atoms with Crippen LogP contribution in [0, 0.1) is 26.7 Å². The Balaban J connectivity index is 0.000000214. The predicted molar refractivity (Wildman–Crippen MR) is 280 cm³/mol. The van der Waals surface area contributed by atoms with Crippen molar-refractivity contribution in [3.63, 3.8) is 0 Å². The van der Waals surface area contributed by atoms with Crippen molar-refractivity contribution in [2.45, 2.75) is 39.5 Å². The maximum absolute atomic E-state index is 4.50. The monoisotopic (exact) mass is 841 g/mol. The number of allylic oxidation sites excluding steroid dienone is 4. The van der Waals surface area contributed by atoms with Crippen LogP contribution in [0.5, 0.6) is 0 Å². The van der Waals surface area contributed by atoms with Gasteiger partial charge in [-0.05, 0) is 124 Å². The van der Waals surface area contributed by atoms with Gasteiger partial charge in [-0.25, -0.2) is 0 Å². The van der Waals surface area contributed by atoms with Crippen LogP contribution in [0.4, 0.5) is 0 Å². The zero-order valence-electron chi connectivity index (χ0n) is 38.4. The largest absolute Gasteiger partial charge is 0.333 e. The maximum Gasteiger partial charge on any atom is 0.0526 e. The van der Waals surface area contributed by atoms with Crippen LogP contribution in [0.3, 0.4) is 0 Å². The minimum absolute atomic E-state index is 0.252. The summed E-state index contributed by atoms with van der Waals surface area (Å²) < 4.78 is 0. The van der Waals surface area contributed by atoms with Gasteiger partial charge in [0.05, 0.1) is 5.41 Å². The Morgan fingerprint density at radius 1 is 0.415 bits per heavy atom. The van der Waals surface area contributed by atoms with Gasteiger partial charge in [0.1, 0.15) is 0 Å². The normalized spacial score (nSPS) is 16.2. The summed E-state index contributed by atoms with van der Waals surface area (Å²) in [6.07, 6.45) is 10.1. The number of rotatable bonds is 3. The molecular formula is C64H59N. The van der Waals surface area contributed by atoms with E-state index in [1.807, 2.05) is 24.3 Å². The number of aryl methyl sites for hydroxylation is 3. The fourth-order valence-electron chi connectivity index (χ4n) is 9.69. The minimum atomic E-state index is -0.290. The lowest BCUT2D eigenvalue weighted by Crippen LogP contribution is -2.34. The lowest BCUT2D eigenvalue weighted by Gasteiger charge is -2.39. The van der Waals surface area contributed by atoms with Crippen LogP contribution < -0.4 is 5.73 Å². The molecule has 2 atom stereocenters. The third-order valence-electron chi connectivity index (χ3n) is 12.9. The van der Waals surface area contributed by atoms with Gasteiger partial charge in [-0.2, -0.15) is 0 Å². The average Bonchev–Trinajstić information content (AvgIpc) is 3.69. The molecule has 0 bridgehead atoms. The second kappa shape index (κ2) is 20.5. The maximum atomic E-state index is 4.50. The molecule has 9 aromatic rings. The van der Waals surface area contributed by atoms with Crippen molar-refractivity contribution in [2.75, 3.05) is 7.05 Å². The summed E-state index contributed by atoms with van der Waals surface area (Å²) in [7, 11) is 1.50. The van der Waals surface area contributed by atoms with Gasteiger partial charge in [0.25, 0.3) is 0 Å². The molecular weight excluding hydrogens is 783 g/mol. The number of fused-ring (bicyclic) bond motifs is 8. The summed E-state index contributed by atoms with van der Waals surface area (Å²) in [4.78, 5) is 0. The third kappa shape index (κ3) is 9.21. The highest BCUT2D eigenvalue weighted by Gasteiger charge is 2.48. The Morgan fingerprint density at radius 2 is 0.938 bits per heavy atom. The molecule has 0 fully saturated rings. The second-order valence-electron chi connectivity index (χ2n) is 17.0. The number of hydrogen-bond donors (Lipinski definition) is 1. The van der Waals surface area contributed by atoms with Crippen LogP contribution in [-0.2, 0) is 11.8 Å². The van der Waals surface area contributed by atoms with E-state index in [0.29, 0.717) is 0 Å². The molecule has 2 aliphatic carbocycles. The van der Waals surface area contributed by atoms with Crippen molar-refractivity contribution in [3.05, 3.63) is 276 Å². The molecule has 0 amide bonds. The van der Waals surface area contributed by atoms with Gasteiger partial charge in [0, 0.05) is 0 Å². The lowest BCUT2D eigenvalue weighted by molar-refractivity contribution is 0.490. The van der Waals surface area contributed by atoms with Crippen molar-refractivity contribution < 1.29 is 0 Å². The van der Waals surface area contributed by atoms with Crippen molar-refractivity contribution >= 4 is 10.8 Å². The van der Waals surface area contributed by atoms with E-state index in [9.17, 15) is 0 Å². The summed E-state index contributed by atoms with van der Waals surface area (Å²) in [6, 6.07) is 77.2. The molecule has 0 aliphatic heterocycles. The first-order valence-electron chi connectivity index (χ1n) is 22.9. The van der Waals surface area contributed by atoms with Gasteiger partial charge in [-0.1, -0.05) is 254 Å². The first kappa shape index (κ1) is 44.3. The van der Waals surface area contributed by atoms with Crippen LogP contribution in [0.2, 0.25) is 0 Å². The molecule has 1 spiro atoms. The fourth-order valence-corrected chi connectivity index (χ4v) is 9.69. The van der Waals surface area contributed by atoms with E-state index < -0.39 is 0 Å². The first-order chi connectivity index (χ1) is 31.9. The molecule has 320 valence electrons. The molecule has 2 unspecified atom stereocenters. The fraction of sp³-hybridized carbons (Fsp3) is 0.125. The molecule has 2 N–H and O–H groups in total. The van der Waals surface area contributed by atoms with Crippen LogP contribution in [0.25, 0.3) is 55.3 Å². The van der Waals surface area contributed by atoms with E-state index in [1.165, 1.54) is 101 Å². The Kier molecular flexibility index (Phi) is 13.9. The second-order valence-corrected chi connectivity index (χ2v) is 17.0. The van der Waals surface area contributed by atoms with Gasteiger partial charge in [0.15, 0.2) is 0 Å². The van der Waals surface area contributed by atoms with Crippen LogP contribution in [0.15, 0.2) is 237 Å². The molecule has 11 rings (SSSR count). The van der Waals surface area contributed by atoms with Crippen molar-refractivity contribution in [1.82, 2.24) is 0 Å². The van der Waals surface area contributed by atoms with Gasteiger partial charge in [0.2, 0.25) is 0 Å². The average molecular weight is 842 g/mol. The third-order valence-corrected chi connectivity index (χ3v) is 12.9. The summed E-state index contributed by atoms with van der Waals surface area (Å²) >= 11 is 0. The number of benzene rings is 9. The van der Waals surface area contributed by atoms with E-state index in [4.69, 9.17) is 0 Å². The Hall–Kier alpha value is -7.32. The van der Waals surface area contributed by atoms with E-state index >= 15 is 0 Å². The number of hydrogen-bond acceptors (Lipinski definition) is 1. The lowest BCUT2D eigenvalue weighted by atomic mass is 9.63. The zero-order chi connectivity index (χ0) is 45.2. The topological polar surface area (TPSA) is 26.0 Å². The SMILES string of the molecule is CN.Cc1ccc(-c2c(-c3ccc4c(c3)C3(c5ccccc5C/C=C\C=C/C3C)c3ccccc3-4)ccc3ccccc23)cc1.Cc1ccc(-c2ccccc2)cc1.Cc1ccccc1. The summed E-state index contributed by atoms with van der Waals surface area (Å²) in [5.41, 5.74) is 24.1. The molecule has 0 radical (unpaired) electrons. The smallest absolute Gasteiger partial charge is 0.0526 e. The summed E-state index contributed by atoms with van der Waals surface area (Å²) in [5, 5.41) is 2.56. The molecule has 9 aromatic carbocycles. The van der Waals surface area contributed by atoms with Crippen molar-refractivity contribution in [1.29, 1.82) is 0 Å². The Morgan fingerprint density at radius 3 is 1.63 bits per heavy atom. The number of nitrogens with two attached hydrogens (primary N) is 1. The summed E-state index contributed by atoms with van der Waals surface area (Å²) in [5.74, 6) is 0.252. The quantitative estimate of drug-likeness (QED) is 0.188. The molecule has 0 saturated heterocycles. The van der Waals surface area contributed by atoms with Crippen LogP contribution in [-0.4, -0.2) is 7.05 Å². The molecule has 0 aromatic heterocycles. The van der Waals surface area contributed by atoms with E-state index in [1.54, 1.807) is 0 Å². The molecule has 1 nitrogen and oxygen atoms in total. The minimum Gasteiger partial charge on any atom is -0.333 e. The Labute approximate surface area is 387 Å². The van der Waals surface area contributed by atoms with Gasteiger partial charge in [-0.3, -0.25) is 0 Å². The highest BCUT2D eigenvalue weighted by Crippen LogP contribution is 2.58. The molecule has 0 heterocycles. The molecule has 1 heteroatoms. The highest BCUT2D eigenvalue weighted by atomic mass is 14.5. The van der Waals surface area contributed by atoms with Crippen molar-refractivity contribution in [3.8, 4) is 44.5 Å². The van der Waals surface area contributed by atoms with E-state index in [-0.39, 0.29) is 11.3 Å². The van der Waals surface area contributed by atoms with Gasteiger partial charge in [-0.15, -0.1) is 0 Å². The van der Waals surface area contributed by atoms with Crippen LogP contribution in [0.1, 0.15) is 45.9 Å². The Bertz CT molecular complexity index is 3050. The van der Waals surface area contributed by atoms with Gasteiger partial charge < -0.3 is 5.73 Å². The van der Waals surface area contributed by atoms with Crippen molar-refractivity contribution in [2.24, 2.45) is 11.7 Å².